The molecule has 0 radical (unpaired) electrons. The summed E-state index contributed by atoms with van der Waals surface area (Å²) in [5.74, 6) is -1.68. The molecular formula is C19H23N3O6S. The monoisotopic (exact) mass is 421 g/mol. The predicted molar refractivity (Wildman–Crippen MR) is 103 cm³/mol. The molecule has 0 unspecified atom stereocenters. The normalized spacial score (nSPS) is 23.8. The number of imide groups is 1. The third-order valence-electron chi connectivity index (χ3n) is 5.24. The molecular weight excluding hydrogens is 398 g/mol. The molecule has 1 spiro atoms. The fraction of sp³-hybridized carbons (Fsp3) is 0.526. The van der Waals surface area contributed by atoms with Crippen molar-refractivity contribution in [1.82, 2.24) is 15.8 Å². The zero-order valence-corrected chi connectivity index (χ0v) is 16.9. The molecule has 1 aliphatic carbocycles. The highest BCUT2D eigenvalue weighted by molar-refractivity contribution is 7.12. The molecule has 10 heteroatoms. The molecule has 2 heterocycles. The van der Waals surface area contributed by atoms with Crippen molar-refractivity contribution in [2.75, 3.05) is 6.61 Å². The van der Waals surface area contributed by atoms with Gasteiger partial charge in [-0.25, -0.2) is 4.79 Å². The number of carbonyl (C=O) groups excluding carboxylic acids is 5. The average Bonchev–Trinajstić information content (AvgIpc) is 3.31. The standard InChI is InChI=1S/C19H23N3O6S/c1-12-6-8-19(9-7-12)17(26)22(18(27)20-19)21-15(24)11-28-16(25)5-4-13(23)14-3-2-10-29-14/h2-3,10,12H,4-9,11H2,1H3,(H,20,27)(H,21,24). The summed E-state index contributed by atoms with van der Waals surface area (Å²) in [5.41, 5.74) is 1.23. The highest BCUT2D eigenvalue weighted by Crippen LogP contribution is 2.35. The fourth-order valence-corrected chi connectivity index (χ4v) is 4.16. The van der Waals surface area contributed by atoms with Crippen LogP contribution in [0.25, 0.3) is 0 Å². The van der Waals surface area contributed by atoms with Gasteiger partial charge in [0, 0.05) is 6.42 Å². The fourth-order valence-electron chi connectivity index (χ4n) is 3.47. The molecule has 0 aromatic carbocycles. The predicted octanol–water partition coefficient (Wildman–Crippen LogP) is 1.79. The van der Waals surface area contributed by atoms with E-state index in [0.29, 0.717) is 28.6 Å². The summed E-state index contributed by atoms with van der Waals surface area (Å²) in [7, 11) is 0. The molecule has 156 valence electrons. The van der Waals surface area contributed by atoms with E-state index in [1.807, 2.05) is 0 Å². The number of urea groups is 1. The Morgan fingerprint density at radius 3 is 2.66 bits per heavy atom. The molecule has 0 bridgehead atoms. The minimum Gasteiger partial charge on any atom is -0.455 e. The minimum atomic E-state index is -0.963. The molecule has 1 saturated carbocycles. The van der Waals surface area contributed by atoms with E-state index < -0.39 is 36.0 Å². The van der Waals surface area contributed by atoms with Crippen molar-refractivity contribution in [2.45, 2.75) is 51.0 Å². The third-order valence-corrected chi connectivity index (χ3v) is 6.15. The number of nitrogens with one attached hydrogen (secondary N) is 2. The van der Waals surface area contributed by atoms with E-state index in [1.54, 1.807) is 17.5 Å². The van der Waals surface area contributed by atoms with Crippen LogP contribution < -0.4 is 10.7 Å². The van der Waals surface area contributed by atoms with Gasteiger partial charge in [0.2, 0.25) is 0 Å². The number of ketones is 1. The van der Waals surface area contributed by atoms with Crippen molar-refractivity contribution < 1.29 is 28.7 Å². The summed E-state index contributed by atoms with van der Waals surface area (Å²) >= 11 is 1.29. The number of thiophene rings is 1. The van der Waals surface area contributed by atoms with Gasteiger partial charge >= 0.3 is 12.0 Å². The van der Waals surface area contributed by atoms with E-state index in [1.165, 1.54) is 11.3 Å². The van der Waals surface area contributed by atoms with Crippen LogP contribution in [0, 0.1) is 5.92 Å². The summed E-state index contributed by atoms with van der Waals surface area (Å²) in [6.45, 7) is 1.45. The smallest absolute Gasteiger partial charge is 0.344 e. The van der Waals surface area contributed by atoms with Gasteiger partial charge < -0.3 is 10.1 Å². The maximum Gasteiger partial charge on any atom is 0.344 e. The molecule has 1 aliphatic heterocycles. The van der Waals surface area contributed by atoms with Crippen molar-refractivity contribution in [2.24, 2.45) is 5.92 Å². The van der Waals surface area contributed by atoms with Gasteiger partial charge in [-0.1, -0.05) is 13.0 Å². The molecule has 1 aromatic rings. The summed E-state index contributed by atoms with van der Waals surface area (Å²) in [6.07, 6.45) is 2.51. The highest BCUT2D eigenvalue weighted by atomic mass is 32.1. The Morgan fingerprint density at radius 1 is 1.28 bits per heavy atom. The Balaban J connectivity index is 1.43. The first-order valence-electron chi connectivity index (χ1n) is 9.49. The SMILES string of the molecule is CC1CCC2(CC1)NC(=O)N(NC(=O)COC(=O)CCC(=O)c1cccs1)C2=O. The van der Waals surface area contributed by atoms with Gasteiger partial charge in [0.25, 0.3) is 11.8 Å². The largest absolute Gasteiger partial charge is 0.455 e. The molecule has 2 fully saturated rings. The van der Waals surface area contributed by atoms with Crippen LogP contribution in [0.2, 0.25) is 0 Å². The van der Waals surface area contributed by atoms with Gasteiger partial charge in [0.05, 0.1) is 11.3 Å². The molecule has 2 aliphatic rings. The molecule has 4 amide bonds. The lowest BCUT2D eigenvalue weighted by atomic mass is 9.77. The lowest BCUT2D eigenvalue weighted by Crippen LogP contribution is -2.52. The second kappa shape index (κ2) is 8.73. The number of amides is 4. The molecule has 3 rings (SSSR count). The Kier molecular flexibility index (Phi) is 6.31. The number of Topliss-reactive ketones (excluding diaryl/α,β-unsaturated/α-hetero) is 1. The van der Waals surface area contributed by atoms with E-state index in [2.05, 4.69) is 17.7 Å². The maximum absolute atomic E-state index is 12.6. The first-order chi connectivity index (χ1) is 13.8. The quantitative estimate of drug-likeness (QED) is 0.393. The van der Waals surface area contributed by atoms with E-state index in [4.69, 9.17) is 4.74 Å². The topological polar surface area (TPSA) is 122 Å². The number of nitrogens with zero attached hydrogens (tertiary/aromatic N) is 1. The van der Waals surface area contributed by atoms with Crippen molar-refractivity contribution >= 4 is 40.9 Å². The molecule has 0 atom stereocenters. The molecule has 29 heavy (non-hydrogen) atoms. The summed E-state index contributed by atoms with van der Waals surface area (Å²) in [5, 5.41) is 5.11. The van der Waals surface area contributed by atoms with Crippen LogP contribution in [0.3, 0.4) is 0 Å². The number of esters is 1. The first-order valence-corrected chi connectivity index (χ1v) is 10.4. The van der Waals surface area contributed by atoms with Gasteiger partial charge in [0.15, 0.2) is 12.4 Å². The molecule has 1 saturated heterocycles. The van der Waals surface area contributed by atoms with E-state index >= 15 is 0 Å². The molecule has 9 nitrogen and oxygen atoms in total. The number of rotatable bonds is 7. The van der Waals surface area contributed by atoms with Gasteiger partial charge in [-0.3, -0.25) is 24.6 Å². The van der Waals surface area contributed by atoms with Crippen molar-refractivity contribution in [3.8, 4) is 0 Å². The van der Waals surface area contributed by atoms with Gasteiger partial charge in [-0.05, 0) is 43.0 Å². The zero-order valence-electron chi connectivity index (χ0n) is 16.1. The van der Waals surface area contributed by atoms with E-state index in [-0.39, 0.29) is 18.6 Å². The average molecular weight is 421 g/mol. The zero-order chi connectivity index (χ0) is 21.0. The second-order valence-electron chi connectivity index (χ2n) is 7.43. The third kappa shape index (κ3) is 4.81. The number of carbonyl (C=O) groups is 5. The van der Waals surface area contributed by atoms with Crippen LogP contribution in [0.15, 0.2) is 17.5 Å². The van der Waals surface area contributed by atoms with Crippen LogP contribution >= 0.6 is 11.3 Å². The van der Waals surface area contributed by atoms with Crippen LogP contribution in [0.5, 0.6) is 0 Å². The van der Waals surface area contributed by atoms with Crippen molar-refractivity contribution in [3.63, 3.8) is 0 Å². The maximum atomic E-state index is 12.6. The van der Waals surface area contributed by atoms with Crippen LogP contribution in [-0.4, -0.2) is 46.8 Å². The number of hydrogen-bond donors (Lipinski definition) is 2. The summed E-state index contributed by atoms with van der Waals surface area (Å²) in [4.78, 5) is 61.0. The Labute approximate surface area is 171 Å². The second-order valence-corrected chi connectivity index (χ2v) is 8.38. The van der Waals surface area contributed by atoms with E-state index in [9.17, 15) is 24.0 Å². The summed E-state index contributed by atoms with van der Waals surface area (Å²) < 4.78 is 4.83. The van der Waals surface area contributed by atoms with Gasteiger partial charge in [-0.15, -0.1) is 11.3 Å². The van der Waals surface area contributed by atoms with Crippen LogP contribution in [0.1, 0.15) is 55.1 Å². The Hall–Kier alpha value is -2.75. The first kappa shape index (κ1) is 21.0. The molecule has 2 N–H and O–H groups in total. The lowest BCUT2D eigenvalue weighted by molar-refractivity contribution is -0.150. The van der Waals surface area contributed by atoms with Gasteiger partial charge in [-0.2, -0.15) is 5.01 Å². The van der Waals surface area contributed by atoms with Crippen LogP contribution in [0.4, 0.5) is 4.79 Å². The molecule has 1 aromatic heterocycles. The van der Waals surface area contributed by atoms with Gasteiger partial charge in [0.1, 0.15) is 5.54 Å². The Bertz CT molecular complexity index is 814. The lowest BCUT2D eigenvalue weighted by Gasteiger charge is -2.33. The van der Waals surface area contributed by atoms with Crippen molar-refractivity contribution in [1.29, 1.82) is 0 Å². The minimum absolute atomic E-state index is 0.0189. The van der Waals surface area contributed by atoms with Crippen LogP contribution in [-0.2, 0) is 19.1 Å². The Morgan fingerprint density at radius 2 is 2.00 bits per heavy atom. The highest BCUT2D eigenvalue weighted by Gasteiger charge is 2.52. The number of hydrazine groups is 1. The van der Waals surface area contributed by atoms with Crippen molar-refractivity contribution in [3.05, 3.63) is 22.4 Å². The summed E-state index contributed by atoms with van der Waals surface area (Å²) in [6, 6.07) is 2.73. The number of ether oxygens (including phenoxy) is 1. The van der Waals surface area contributed by atoms with E-state index in [0.717, 1.165) is 12.8 Å². The number of hydrogen-bond acceptors (Lipinski definition) is 7.